The lowest BCUT2D eigenvalue weighted by Crippen LogP contribution is -2.15. The summed E-state index contributed by atoms with van der Waals surface area (Å²) in [5, 5.41) is 14.7. The van der Waals surface area contributed by atoms with Gasteiger partial charge in [-0.15, -0.1) is 10.2 Å². The van der Waals surface area contributed by atoms with Gasteiger partial charge in [0.1, 0.15) is 17.2 Å². The fraction of sp³-hybridized carbons (Fsp3) is 0.172. The highest BCUT2D eigenvalue weighted by molar-refractivity contribution is 6.33. The van der Waals surface area contributed by atoms with Crippen LogP contribution in [-0.4, -0.2) is 40.9 Å². The molecule has 38 heavy (non-hydrogen) atoms. The molecular weight excluding hydrogens is 498 g/mol. The van der Waals surface area contributed by atoms with Gasteiger partial charge >= 0.3 is 0 Å². The van der Waals surface area contributed by atoms with Crippen LogP contribution in [0.5, 0.6) is 0 Å². The maximum Gasteiger partial charge on any atom is 0.230 e. The average Bonchev–Trinajstić information content (AvgIpc) is 3.60. The Morgan fingerprint density at radius 3 is 2.53 bits per heavy atom. The number of nitrogens with one attached hydrogen (secondary N) is 1. The van der Waals surface area contributed by atoms with Crippen molar-refractivity contribution in [1.82, 2.24) is 35.2 Å². The third-order valence-corrected chi connectivity index (χ3v) is 6.61. The number of benzene rings is 2. The summed E-state index contributed by atoms with van der Waals surface area (Å²) in [5.41, 5.74) is 5.43. The minimum atomic E-state index is -0.258. The molecule has 1 N–H and O–H groups in total. The number of hydrogen-bond donors (Lipinski definition) is 1. The second-order valence-electron chi connectivity index (χ2n) is 8.85. The fourth-order valence-corrected chi connectivity index (χ4v) is 4.62. The maximum atomic E-state index is 13.5. The van der Waals surface area contributed by atoms with Gasteiger partial charge in [0.25, 0.3) is 0 Å². The number of ketones is 1. The number of H-pyrrole nitrogens is 1. The van der Waals surface area contributed by atoms with Crippen molar-refractivity contribution in [3.63, 3.8) is 0 Å². The number of nitrogens with zero attached hydrogens (tertiary/aromatic N) is 6. The largest absolute Gasteiger partial charge is 0.319 e. The third-order valence-electron chi connectivity index (χ3n) is 6.35. The van der Waals surface area contributed by atoms with Gasteiger partial charge in [-0.3, -0.25) is 9.78 Å². The van der Waals surface area contributed by atoms with Crippen LogP contribution in [-0.2, 0) is 13.0 Å². The number of imidazole rings is 1. The number of unbranched alkanes of at least 4 members (excludes halogenated alkanes) is 1. The van der Waals surface area contributed by atoms with Gasteiger partial charge in [0, 0.05) is 24.7 Å². The summed E-state index contributed by atoms with van der Waals surface area (Å²) in [6, 6.07) is 19.6. The average molecular weight is 524 g/mol. The van der Waals surface area contributed by atoms with Gasteiger partial charge in [-0.25, -0.2) is 4.98 Å². The van der Waals surface area contributed by atoms with Gasteiger partial charge in [0.2, 0.25) is 11.6 Å². The van der Waals surface area contributed by atoms with Crippen LogP contribution in [0.3, 0.4) is 0 Å². The molecule has 0 spiro atoms. The van der Waals surface area contributed by atoms with E-state index < -0.39 is 0 Å². The molecule has 0 aliphatic heterocycles. The Kier molecular flexibility index (Phi) is 7.51. The second-order valence-corrected chi connectivity index (χ2v) is 9.20. The van der Waals surface area contributed by atoms with E-state index in [1.165, 1.54) is 0 Å². The molecule has 5 rings (SSSR count). The van der Waals surface area contributed by atoms with Crippen molar-refractivity contribution in [2.24, 2.45) is 0 Å². The lowest BCUT2D eigenvalue weighted by Gasteiger charge is -2.13. The molecule has 0 saturated carbocycles. The number of aromatic nitrogens is 7. The number of halogens is 1. The number of carbonyl (C=O) groups excluding carboxylic acids is 1. The van der Waals surface area contributed by atoms with Crippen molar-refractivity contribution in [2.75, 3.05) is 0 Å². The zero-order chi connectivity index (χ0) is 26.5. The van der Waals surface area contributed by atoms with Crippen molar-refractivity contribution in [1.29, 1.82) is 0 Å². The summed E-state index contributed by atoms with van der Waals surface area (Å²) in [6.07, 6.45) is 5.98. The van der Waals surface area contributed by atoms with Gasteiger partial charge in [0.15, 0.2) is 5.15 Å². The molecule has 5 aromatic rings. The Labute approximate surface area is 225 Å². The van der Waals surface area contributed by atoms with E-state index in [0.29, 0.717) is 23.8 Å². The molecule has 3 heterocycles. The van der Waals surface area contributed by atoms with Crippen LogP contribution in [0.2, 0.25) is 5.15 Å². The molecule has 8 nitrogen and oxygen atoms in total. The molecule has 2 aromatic carbocycles. The van der Waals surface area contributed by atoms with Gasteiger partial charge in [-0.1, -0.05) is 92.2 Å². The number of aryl methyl sites for hydroxylation is 1. The predicted molar refractivity (Wildman–Crippen MR) is 148 cm³/mol. The highest BCUT2D eigenvalue weighted by Crippen LogP contribution is 2.30. The molecule has 0 fully saturated rings. The molecule has 0 aliphatic rings. The summed E-state index contributed by atoms with van der Waals surface area (Å²) in [5.74, 6) is 1.07. The first-order valence-corrected chi connectivity index (χ1v) is 12.8. The number of rotatable bonds is 10. The van der Waals surface area contributed by atoms with E-state index in [9.17, 15) is 4.79 Å². The number of tetrazole rings is 1. The number of hydrogen-bond acceptors (Lipinski definition) is 6. The zero-order valence-electron chi connectivity index (χ0n) is 20.9. The zero-order valence-corrected chi connectivity index (χ0v) is 21.7. The summed E-state index contributed by atoms with van der Waals surface area (Å²) in [6.45, 7) is 6.32. The molecule has 0 atom stereocenters. The Balaban J connectivity index is 1.48. The Bertz CT molecular complexity index is 1560. The van der Waals surface area contributed by atoms with Crippen molar-refractivity contribution in [3.8, 4) is 22.5 Å². The standard InChI is InChI=1S/C29H26ClN7O/c1-3-5-10-25-32-28(30)26(27(38)24-16-13-19(4-2)17-31-24)37(25)18-20-11-14-21(15-12-20)22-8-6-7-9-23(22)29-33-35-36-34-29/h4,6-9,11-17H,2-3,5,10,18H2,1H3,(H,33,34,35,36). The van der Waals surface area contributed by atoms with Crippen LogP contribution in [0.15, 0.2) is 73.4 Å². The van der Waals surface area contributed by atoms with Gasteiger partial charge < -0.3 is 4.57 Å². The van der Waals surface area contributed by atoms with Crippen LogP contribution < -0.4 is 0 Å². The fourth-order valence-electron chi connectivity index (χ4n) is 4.34. The Morgan fingerprint density at radius 2 is 1.87 bits per heavy atom. The van der Waals surface area contributed by atoms with Crippen molar-refractivity contribution in [3.05, 3.63) is 107 Å². The van der Waals surface area contributed by atoms with Crippen molar-refractivity contribution >= 4 is 23.5 Å². The van der Waals surface area contributed by atoms with E-state index >= 15 is 0 Å². The van der Waals surface area contributed by atoms with Crippen molar-refractivity contribution < 1.29 is 4.79 Å². The first kappa shape index (κ1) is 25.2. The van der Waals surface area contributed by atoms with E-state index in [1.54, 1.807) is 18.3 Å². The summed E-state index contributed by atoms with van der Waals surface area (Å²) in [7, 11) is 0. The molecule has 0 unspecified atom stereocenters. The molecule has 9 heteroatoms. The Hall–Kier alpha value is -4.43. The smallest absolute Gasteiger partial charge is 0.230 e. The van der Waals surface area contributed by atoms with E-state index in [1.807, 2.05) is 47.0 Å². The minimum Gasteiger partial charge on any atom is -0.319 e. The van der Waals surface area contributed by atoms with Gasteiger partial charge in [-0.05, 0) is 40.0 Å². The van der Waals surface area contributed by atoms with E-state index in [0.717, 1.165) is 52.9 Å². The SMILES string of the molecule is C=Cc1ccc(C(=O)c2c(Cl)nc(CCCC)n2Cc2ccc(-c3ccccc3-c3nn[nH]n3)cc2)nc1. The van der Waals surface area contributed by atoms with E-state index in [2.05, 4.69) is 56.2 Å². The molecule has 0 amide bonds. The van der Waals surface area contributed by atoms with Gasteiger partial charge in [-0.2, -0.15) is 5.21 Å². The summed E-state index contributed by atoms with van der Waals surface area (Å²) in [4.78, 5) is 22.4. The van der Waals surface area contributed by atoms with E-state index in [-0.39, 0.29) is 10.9 Å². The number of pyridine rings is 1. The first-order valence-electron chi connectivity index (χ1n) is 12.4. The molecule has 3 aromatic heterocycles. The predicted octanol–water partition coefficient (Wildman–Crippen LogP) is 6.04. The second kappa shape index (κ2) is 11.3. The highest BCUT2D eigenvalue weighted by atomic mass is 35.5. The quantitative estimate of drug-likeness (QED) is 0.224. The normalized spacial score (nSPS) is 11.0. The third kappa shape index (κ3) is 5.17. The van der Waals surface area contributed by atoms with Crippen LogP contribution in [0.4, 0.5) is 0 Å². The topological polar surface area (TPSA) is 102 Å². The number of carbonyl (C=O) groups is 1. The van der Waals surface area contributed by atoms with Gasteiger partial charge in [0.05, 0.1) is 0 Å². The molecule has 0 bridgehead atoms. The van der Waals surface area contributed by atoms with Crippen LogP contribution in [0.1, 0.15) is 52.9 Å². The lowest BCUT2D eigenvalue weighted by molar-refractivity contribution is 0.102. The monoisotopic (exact) mass is 523 g/mol. The van der Waals surface area contributed by atoms with Crippen molar-refractivity contribution in [2.45, 2.75) is 32.7 Å². The Morgan fingerprint density at radius 1 is 1.08 bits per heavy atom. The first-order chi connectivity index (χ1) is 18.6. The molecule has 0 radical (unpaired) electrons. The molecule has 0 saturated heterocycles. The van der Waals surface area contributed by atoms with Crippen LogP contribution >= 0.6 is 11.6 Å². The highest BCUT2D eigenvalue weighted by Gasteiger charge is 2.24. The molecular formula is C29H26ClN7O. The molecule has 190 valence electrons. The maximum absolute atomic E-state index is 13.5. The van der Waals surface area contributed by atoms with Crippen LogP contribution in [0.25, 0.3) is 28.6 Å². The minimum absolute atomic E-state index is 0.196. The van der Waals surface area contributed by atoms with Crippen LogP contribution in [0, 0.1) is 0 Å². The molecule has 0 aliphatic carbocycles. The lowest BCUT2D eigenvalue weighted by atomic mass is 9.98. The summed E-state index contributed by atoms with van der Waals surface area (Å²) >= 11 is 6.55. The number of aromatic amines is 1. The summed E-state index contributed by atoms with van der Waals surface area (Å²) < 4.78 is 1.92. The van der Waals surface area contributed by atoms with E-state index in [4.69, 9.17) is 11.6 Å².